The van der Waals surface area contributed by atoms with Gasteiger partial charge in [-0.15, -0.1) is 5.06 Å². The monoisotopic (exact) mass is 244 g/mol. The molecule has 8 nitrogen and oxygen atoms in total. The van der Waals surface area contributed by atoms with Gasteiger partial charge in [0.2, 0.25) is 0 Å². The van der Waals surface area contributed by atoms with Crippen molar-refractivity contribution in [3.63, 3.8) is 0 Å². The van der Waals surface area contributed by atoms with E-state index in [1.54, 1.807) is 12.2 Å². The molecule has 0 atom stereocenters. The van der Waals surface area contributed by atoms with Crippen LogP contribution in [0.25, 0.3) is 0 Å². The third-order valence-electron chi connectivity index (χ3n) is 1.82. The Labute approximate surface area is 96.8 Å². The topological polar surface area (TPSA) is 102 Å². The van der Waals surface area contributed by atoms with E-state index >= 15 is 0 Å². The van der Waals surface area contributed by atoms with Crippen molar-refractivity contribution in [3.05, 3.63) is 0 Å². The van der Waals surface area contributed by atoms with Crippen LogP contribution in [0.2, 0.25) is 0 Å². The van der Waals surface area contributed by atoms with Crippen molar-refractivity contribution in [1.82, 2.24) is 10.4 Å². The molecule has 0 aromatic rings. The number of hydrogen-bond acceptors (Lipinski definition) is 6. The number of carbonyl (C=O) groups excluding carboxylic acids is 4. The molecule has 0 saturated carbocycles. The molecule has 0 aromatic carbocycles. The van der Waals surface area contributed by atoms with Gasteiger partial charge >= 0.3 is 12.2 Å². The Balaban J connectivity index is 2.36. The molecule has 0 aliphatic carbocycles. The molecule has 1 N–H and O–H groups in total. The van der Waals surface area contributed by atoms with Gasteiger partial charge in [0.15, 0.2) is 0 Å². The first-order chi connectivity index (χ1) is 8.04. The third kappa shape index (κ3) is 3.74. The predicted molar refractivity (Wildman–Crippen MR) is 52.3 cm³/mol. The summed E-state index contributed by atoms with van der Waals surface area (Å²) in [6.45, 7) is 1.94. The van der Waals surface area contributed by atoms with Gasteiger partial charge in [0.05, 0.1) is 6.61 Å². The van der Waals surface area contributed by atoms with Crippen LogP contribution in [0.1, 0.15) is 26.2 Å². The quantitative estimate of drug-likeness (QED) is 0.717. The number of carbonyl (C=O) groups is 4. The number of amides is 4. The highest BCUT2D eigenvalue weighted by molar-refractivity contribution is 6.02. The predicted octanol–water partition coefficient (Wildman–Crippen LogP) is 0.323. The Morgan fingerprint density at radius 2 is 1.82 bits per heavy atom. The molecular weight excluding hydrogens is 232 g/mol. The molecule has 0 unspecified atom stereocenters. The zero-order valence-electron chi connectivity index (χ0n) is 9.23. The maximum Gasteiger partial charge on any atom is 0.441 e. The number of nitrogens with zero attached hydrogens (tertiary/aromatic N) is 1. The molecule has 8 heteroatoms. The second-order valence-corrected chi connectivity index (χ2v) is 3.22. The fourth-order valence-electron chi connectivity index (χ4n) is 1.08. The normalized spacial score (nSPS) is 14.8. The first kappa shape index (κ1) is 12.9. The van der Waals surface area contributed by atoms with Crippen molar-refractivity contribution < 1.29 is 28.8 Å². The van der Waals surface area contributed by atoms with Gasteiger partial charge in [0.25, 0.3) is 11.8 Å². The fourth-order valence-corrected chi connectivity index (χ4v) is 1.08. The molecule has 1 rings (SSSR count). The van der Waals surface area contributed by atoms with Crippen LogP contribution in [0.4, 0.5) is 9.59 Å². The van der Waals surface area contributed by atoms with E-state index in [4.69, 9.17) is 0 Å². The minimum Gasteiger partial charge on any atom is -0.449 e. The molecule has 0 radical (unpaired) electrons. The summed E-state index contributed by atoms with van der Waals surface area (Å²) in [5.74, 6) is -1.24. The van der Waals surface area contributed by atoms with Crippen molar-refractivity contribution in [3.8, 4) is 0 Å². The highest BCUT2D eigenvalue weighted by Crippen LogP contribution is 2.11. The Morgan fingerprint density at radius 1 is 1.24 bits per heavy atom. The molecule has 1 fully saturated rings. The smallest absolute Gasteiger partial charge is 0.441 e. The molecule has 0 bridgehead atoms. The number of hydroxylamine groups is 2. The minimum absolute atomic E-state index is 0.00755. The summed E-state index contributed by atoms with van der Waals surface area (Å²) in [5.41, 5.74) is 0. The van der Waals surface area contributed by atoms with Gasteiger partial charge in [-0.25, -0.2) is 14.9 Å². The number of alkyl carbamates (subject to hydrolysis) is 1. The number of ether oxygens (including phenoxy) is 1. The lowest BCUT2D eigenvalue weighted by molar-refractivity contribution is -0.171. The van der Waals surface area contributed by atoms with Crippen LogP contribution in [0.3, 0.4) is 0 Å². The van der Waals surface area contributed by atoms with Crippen LogP contribution in [0.15, 0.2) is 0 Å². The van der Waals surface area contributed by atoms with Crippen molar-refractivity contribution >= 4 is 24.0 Å². The summed E-state index contributed by atoms with van der Waals surface area (Å²) in [5, 5.41) is 2.05. The summed E-state index contributed by atoms with van der Waals surface area (Å²) in [6.07, 6.45) is -1.63. The molecule has 0 aromatic heterocycles. The molecule has 4 amide bonds. The van der Waals surface area contributed by atoms with Crippen LogP contribution >= 0.6 is 0 Å². The highest BCUT2D eigenvalue weighted by atomic mass is 16.7. The molecular formula is C9H12N2O6. The second kappa shape index (κ2) is 5.83. The molecule has 94 valence electrons. The lowest BCUT2D eigenvalue weighted by Crippen LogP contribution is -2.39. The minimum atomic E-state index is -1.23. The molecule has 1 aliphatic rings. The first-order valence-corrected chi connectivity index (χ1v) is 5.06. The van der Waals surface area contributed by atoms with Crippen molar-refractivity contribution in [2.45, 2.75) is 26.2 Å². The van der Waals surface area contributed by atoms with Gasteiger partial charge in [-0.2, -0.15) is 0 Å². The summed E-state index contributed by atoms with van der Waals surface area (Å²) in [7, 11) is 0. The van der Waals surface area contributed by atoms with Crippen molar-refractivity contribution in [2.75, 3.05) is 6.61 Å². The van der Waals surface area contributed by atoms with E-state index in [1.807, 2.05) is 0 Å². The number of nitrogens with one attached hydrogen (secondary N) is 1. The standard InChI is InChI=1S/C9H12N2O6/c1-2-5-16-8(14)10-9(15)17-11-6(12)3-4-7(11)13/h2-5H2,1H3,(H,10,14,15). The zero-order chi connectivity index (χ0) is 12.8. The Morgan fingerprint density at radius 3 is 2.35 bits per heavy atom. The molecule has 1 aliphatic heterocycles. The van der Waals surface area contributed by atoms with E-state index in [9.17, 15) is 19.2 Å². The van der Waals surface area contributed by atoms with Crippen LogP contribution in [0.5, 0.6) is 0 Å². The summed E-state index contributed by atoms with van der Waals surface area (Å²) >= 11 is 0. The number of hydrogen-bond donors (Lipinski definition) is 1. The van der Waals surface area contributed by atoms with Crippen LogP contribution in [0, 0.1) is 0 Å². The fraction of sp³-hybridized carbons (Fsp3) is 0.556. The summed E-state index contributed by atoms with van der Waals surface area (Å²) in [4.78, 5) is 48.5. The van der Waals surface area contributed by atoms with Crippen molar-refractivity contribution in [2.24, 2.45) is 0 Å². The Hall–Kier alpha value is -2.12. The van der Waals surface area contributed by atoms with Crippen LogP contribution in [-0.4, -0.2) is 35.7 Å². The van der Waals surface area contributed by atoms with Gasteiger partial charge in [-0.1, -0.05) is 6.92 Å². The largest absolute Gasteiger partial charge is 0.449 e. The van der Waals surface area contributed by atoms with Gasteiger partial charge in [-0.3, -0.25) is 9.59 Å². The van der Waals surface area contributed by atoms with Crippen LogP contribution < -0.4 is 5.32 Å². The van der Waals surface area contributed by atoms with E-state index in [0.29, 0.717) is 11.5 Å². The Kier molecular flexibility index (Phi) is 4.44. The van der Waals surface area contributed by atoms with E-state index in [0.717, 1.165) is 0 Å². The lowest BCUT2D eigenvalue weighted by atomic mass is 10.4. The second-order valence-electron chi connectivity index (χ2n) is 3.22. The van der Waals surface area contributed by atoms with E-state index in [-0.39, 0.29) is 19.4 Å². The van der Waals surface area contributed by atoms with E-state index in [1.165, 1.54) is 0 Å². The van der Waals surface area contributed by atoms with Crippen LogP contribution in [-0.2, 0) is 19.2 Å². The number of rotatable bonds is 3. The molecule has 1 saturated heterocycles. The SMILES string of the molecule is CCCOC(=O)NC(=O)ON1C(=O)CCC1=O. The average molecular weight is 244 g/mol. The summed E-state index contributed by atoms with van der Waals surface area (Å²) in [6, 6.07) is 0. The Bertz CT molecular complexity index is 337. The number of imide groups is 2. The first-order valence-electron chi connectivity index (χ1n) is 5.06. The van der Waals surface area contributed by atoms with E-state index < -0.39 is 24.0 Å². The molecule has 0 spiro atoms. The van der Waals surface area contributed by atoms with Gasteiger partial charge in [0.1, 0.15) is 0 Å². The maximum atomic E-state index is 11.1. The summed E-state index contributed by atoms with van der Waals surface area (Å²) < 4.78 is 4.54. The highest BCUT2D eigenvalue weighted by Gasteiger charge is 2.33. The van der Waals surface area contributed by atoms with E-state index in [2.05, 4.69) is 9.57 Å². The zero-order valence-corrected chi connectivity index (χ0v) is 9.23. The third-order valence-corrected chi connectivity index (χ3v) is 1.82. The van der Waals surface area contributed by atoms with Gasteiger partial charge < -0.3 is 9.57 Å². The molecule has 1 heterocycles. The van der Waals surface area contributed by atoms with Gasteiger partial charge in [0, 0.05) is 12.8 Å². The van der Waals surface area contributed by atoms with Crippen molar-refractivity contribution in [1.29, 1.82) is 0 Å². The maximum absolute atomic E-state index is 11.1. The average Bonchev–Trinajstić information content (AvgIpc) is 2.58. The van der Waals surface area contributed by atoms with Gasteiger partial charge in [-0.05, 0) is 6.42 Å². The lowest BCUT2D eigenvalue weighted by Gasteiger charge is -2.12. The molecule has 17 heavy (non-hydrogen) atoms.